The maximum absolute atomic E-state index is 13.0. The van der Waals surface area contributed by atoms with E-state index in [2.05, 4.69) is 9.62 Å². The Morgan fingerprint density at radius 3 is 2.63 bits per heavy atom. The molecular weight excluding hydrogens is 524 g/mol. The van der Waals surface area contributed by atoms with Gasteiger partial charge in [0.2, 0.25) is 10.0 Å². The van der Waals surface area contributed by atoms with Gasteiger partial charge in [0, 0.05) is 36.9 Å². The van der Waals surface area contributed by atoms with E-state index >= 15 is 0 Å². The van der Waals surface area contributed by atoms with Crippen molar-refractivity contribution >= 4 is 33.2 Å². The SMILES string of the molecule is CCOC[C@@H]1CC[C@H]1CN1CCCCc2cc(Cl)ccc2COc2ccc(C(=O)NS(=O)(=O)C(C)C)cc21. The van der Waals surface area contributed by atoms with E-state index in [0.717, 1.165) is 68.1 Å². The van der Waals surface area contributed by atoms with Crippen molar-refractivity contribution in [2.75, 3.05) is 31.2 Å². The summed E-state index contributed by atoms with van der Waals surface area (Å²) in [7, 11) is -3.74. The summed E-state index contributed by atoms with van der Waals surface area (Å²) in [5, 5.41) is 0.0130. The lowest BCUT2D eigenvalue weighted by Crippen LogP contribution is -2.41. The summed E-state index contributed by atoms with van der Waals surface area (Å²) in [4.78, 5) is 15.3. The molecule has 1 heterocycles. The van der Waals surface area contributed by atoms with Crippen LogP contribution in [0.1, 0.15) is 67.9 Å². The maximum atomic E-state index is 13.0. The van der Waals surface area contributed by atoms with Gasteiger partial charge in [-0.3, -0.25) is 4.79 Å². The Kier molecular flexibility index (Phi) is 9.60. The number of halogens is 1. The van der Waals surface area contributed by atoms with Crippen LogP contribution in [0.15, 0.2) is 36.4 Å². The molecule has 2 aromatic rings. The van der Waals surface area contributed by atoms with Crippen LogP contribution in [0.25, 0.3) is 0 Å². The molecule has 2 aromatic carbocycles. The molecule has 208 valence electrons. The predicted octanol–water partition coefficient (Wildman–Crippen LogP) is 5.59. The third-order valence-corrected chi connectivity index (χ3v) is 9.61. The lowest BCUT2D eigenvalue weighted by atomic mass is 9.73. The fraction of sp³-hybridized carbons (Fsp3) is 0.552. The van der Waals surface area contributed by atoms with Crippen molar-refractivity contribution in [3.8, 4) is 5.75 Å². The second-order valence-electron chi connectivity index (χ2n) is 10.6. The third kappa shape index (κ3) is 7.01. The molecule has 2 atom stereocenters. The Morgan fingerprint density at radius 2 is 1.92 bits per heavy atom. The number of hydrogen-bond acceptors (Lipinski definition) is 6. The first kappa shape index (κ1) is 28.7. The van der Waals surface area contributed by atoms with E-state index in [1.165, 1.54) is 5.56 Å². The number of rotatable bonds is 8. The molecule has 0 saturated heterocycles. The zero-order valence-corrected chi connectivity index (χ0v) is 24.1. The van der Waals surface area contributed by atoms with E-state index in [4.69, 9.17) is 21.1 Å². The number of ether oxygens (including phenoxy) is 2. The molecule has 38 heavy (non-hydrogen) atoms. The summed E-state index contributed by atoms with van der Waals surface area (Å²) in [6.07, 6.45) is 5.18. The van der Waals surface area contributed by atoms with Gasteiger partial charge in [-0.25, -0.2) is 13.1 Å². The van der Waals surface area contributed by atoms with Crippen LogP contribution < -0.4 is 14.4 Å². The van der Waals surface area contributed by atoms with Crippen molar-refractivity contribution in [2.24, 2.45) is 11.8 Å². The van der Waals surface area contributed by atoms with E-state index in [1.54, 1.807) is 32.0 Å². The van der Waals surface area contributed by atoms with E-state index in [9.17, 15) is 13.2 Å². The smallest absolute Gasteiger partial charge is 0.264 e. The number of carbonyl (C=O) groups excluding carboxylic acids is 1. The molecule has 0 bridgehead atoms. The quantitative estimate of drug-likeness (QED) is 0.451. The first-order valence-corrected chi connectivity index (χ1v) is 15.5. The largest absolute Gasteiger partial charge is 0.487 e. The van der Waals surface area contributed by atoms with E-state index < -0.39 is 21.2 Å². The number of nitrogens with one attached hydrogen (secondary N) is 1. The molecular formula is C29H39ClN2O5S. The summed E-state index contributed by atoms with van der Waals surface area (Å²) < 4.78 is 39.0. The highest BCUT2D eigenvalue weighted by atomic mass is 35.5. The van der Waals surface area contributed by atoms with Gasteiger partial charge in [-0.1, -0.05) is 17.7 Å². The van der Waals surface area contributed by atoms with Crippen LogP contribution in [0.5, 0.6) is 5.75 Å². The molecule has 1 saturated carbocycles. The number of anilines is 1. The van der Waals surface area contributed by atoms with Gasteiger partial charge in [0.1, 0.15) is 12.4 Å². The molecule has 9 heteroatoms. The number of aryl methyl sites for hydroxylation is 1. The Balaban J connectivity index is 1.65. The highest BCUT2D eigenvalue weighted by molar-refractivity contribution is 7.90. The lowest BCUT2D eigenvalue weighted by molar-refractivity contribution is 0.0402. The number of fused-ring (bicyclic) bond motifs is 2. The predicted molar refractivity (Wildman–Crippen MR) is 152 cm³/mol. The Bertz CT molecular complexity index is 1230. The Hall–Kier alpha value is -2.29. The molecule has 2 aliphatic rings. The molecule has 0 unspecified atom stereocenters. The van der Waals surface area contributed by atoms with Crippen molar-refractivity contribution < 1.29 is 22.7 Å². The van der Waals surface area contributed by atoms with Crippen molar-refractivity contribution in [3.63, 3.8) is 0 Å². The van der Waals surface area contributed by atoms with Gasteiger partial charge in [-0.15, -0.1) is 0 Å². The van der Waals surface area contributed by atoms with Crippen LogP contribution in [0.2, 0.25) is 5.02 Å². The van der Waals surface area contributed by atoms with Crippen LogP contribution in [-0.2, 0) is 27.8 Å². The van der Waals surface area contributed by atoms with Crippen molar-refractivity contribution in [2.45, 2.75) is 64.7 Å². The normalized spacial score (nSPS) is 20.0. The molecule has 4 rings (SSSR count). The van der Waals surface area contributed by atoms with Crippen molar-refractivity contribution in [1.29, 1.82) is 0 Å². The van der Waals surface area contributed by atoms with E-state index in [0.29, 0.717) is 36.4 Å². The second-order valence-corrected chi connectivity index (χ2v) is 13.2. The summed E-state index contributed by atoms with van der Waals surface area (Å²) in [6.45, 7) is 8.62. The van der Waals surface area contributed by atoms with Crippen LogP contribution in [0.4, 0.5) is 5.69 Å². The molecule has 1 aliphatic heterocycles. The molecule has 0 spiro atoms. The summed E-state index contributed by atoms with van der Waals surface area (Å²) in [6, 6.07) is 11.1. The van der Waals surface area contributed by atoms with Gasteiger partial charge in [-0.2, -0.15) is 0 Å². The highest BCUT2D eigenvalue weighted by Gasteiger charge is 2.33. The molecule has 1 N–H and O–H groups in total. The fourth-order valence-electron chi connectivity index (χ4n) is 5.04. The number of carbonyl (C=O) groups is 1. The number of hydrogen-bond donors (Lipinski definition) is 1. The lowest BCUT2D eigenvalue weighted by Gasteiger charge is -2.41. The van der Waals surface area contributed by atoms with Crippen LogP contribution in [0, 0.1) is 11.8 Å². The average Bonchev–Trinajstić information content (AvgIpc) is 2.89. The van der Waals surface area contributed by atoms with Crippen LogP contribution in [-0.4, -0.2) is 45.9 Å². The van der Waals surface area contributed by atoms with E-state index in [1.807, 2.05) is 25.1 Å². The van der Waals surface area contributed by atoms with Crippen molar-refractivity contribution in [1.82, 2.24) is 4.72 Å². The van der Waals surface area contributed by atoms with Crippen LogP contribution in [0.3, 0.4) is 0 Å². The van der Waals surface area contributed by atoms with Gasteiger partial charge in [0.15, 0.2) is 0 Å². The van der Waals surface area contributed by atoms with E-state index in [-0.39, 0.29) is 0 Å². The van der Waals surface area contributed by atoms with Crippen molar-refractivity contribution in [3.05, 3.63) is 58.1 Å². The monoisotopic (exact) mass is 562 g/mol. The highest BCUT2D eigenvalue weighted by Crippen LogP contribution is 2.39. The first-order valence-electron chi connectivity index (χ1n) is 13.6. The third-order valence-electron chi connectivity index (χ3n) is 7.66. The van der Waals surface area contributed by atoms with Gasteiger partial charge in [-0.05, 0) is 106 Å². The minimum atomic E-state index is -3.74. The van der Waals surface area contributed by atoms with Gasteiger partial charge in [0.25, 0.3) is 5.91 Å². The Morgan fingerprint density at radius 1 is 1.13 bits per heavy atom. The van der Waals surface area contributed by atoms with Crippen LogP contribution >= 0.6 is 11.6 Å². The first-order chi connectivity index (χ1) is 18.2. The maximum Gasteiger partial charge on any atom is 0.264 e. The summed E-state index contributed by atoms with van der Waals surface area (Å²) in [5.41, 5.74) is 3.40. The molecule has 7 nitrogen and oxygen atoms in total. The molecule has 1 fully saturated rings. The molecule has 0 radical (unpaired) electrons. The minimum absolute atomic E-state index is 0.295. The van der Waals surface area contributed by atoms with Gasteiger partial charge in [0.05, 0.1) is 10.9 Å². The minimum Gasteiger partial charge on any atom is -0.487 e. The second kappa shape index (κ2) is 12.7. The van der Waals surface area contributed by atoms with Gasteiger partial charge >= 0.3 is 0 Å². The Labute approximate surface area is 231 Å². The summed E-state index contributed by atoms with van der Waals surface area (Å²) in [5.74, 6) is 1.06. The topological polar surface area (TPSA) is 84.9 Å². The standard InChI is InChI=1S/C29H39ClN2O5S/c1-4-36-18-24-9-8-23(24)17-32-14-6-5-7-21-15-26(30)12-10-25(21)19-37-28-13-11-22(16-27(28)32)29(33)31-38(34,35)20(2)3/h10-13,15-16,20,23-24H,4-9,14,17-19H2,1-3H3,(H,31,33)/t23-,24-/m0/s1. The van der Waals surface area contributed by atoms with Gasteiger partial charge < -0.3 is 14.4 Å². The molecule has 1 amide bonds. The number of amides is 1. The zero-order valence-electron chi connectivity index (χ0n) is 22.5. The number of benzene rings is 2. The summed E-state index contributed by atoms with van der Waals surface area (Å²) >= 11 is 6.28. The number of sulfonamides is 1. The fourth-order valence-corrected chi connectivity index (χ4v) is 5.84. The molecule has 0 aromatic heterocycles. The number of nitrogens with zero attached hydrogens (tertiary/aromatic N) is 1. The molecule has 1 aliphatic carbocycles. The average molecular weight is 563 g/mol. The zero-order chi connectivity index (χ0) is 27.3.